The number of halogens is 1. The largest absolute Gasteiger partial charge is 0.369 e. The fraction of sp³-hybridized carbons (Fsp3) is 0.143. The third-order valence-corrected chi connectivity index (χ3v) is 4.74. The van der Waals surface area contributed by atoms with Gasteiger partial charge in [0.05, 0.1) is 17.6 Å². The van der Waals surface area contributed by atoms with Gasteiger partial charge < -0.3 is 11.1 Å². The molecule has 1 atom stereocenters. The third-order valence-electron chi connectivity index (χ3n) is 4.74. The molecule has 0 saturated heterocycles. The Bertz CT molecular complexity index is 1130. The summed E-state index contributed by atoms with van der Waals surface area (Å²) >= 11 is 0. The summed E-state index contributed by atoms with van der Waals surface area (Å²) in [5, 5.41) is 16.7. The first-order valence-electron chi connectivity index (χ1n) is 9.39. The highest BCUT2D eigenvalue weighted by Crippen LogP contribution is 2.30. The Balaban J connectivity index is 1.65. The van der Waals surface area contributed by atoms with Crippen LogP contribution in [0, 0.1) is 5.82 Å². The van der Waals surface area contributed by atoms with Gasteiger partial charge in [0.1, 0.15) is 17.6 Å². The summed E-state index contributed by atoms with van der Waals surface area (Å²) in [7, 11) is 0. The Morgan fingerprint density at radius 2 is 2.10 bits per heavy atom. The van der Waals surface area contributed by atoms with E-state index < -0.39 is 11.8 Å². The number of nitrogens with two attached hydrogens (primary N) is 1. The van der Waals surface area contributed by atoms with Crippen LogP contribution in [0.4, 0.5) is 10.2 Å². The van der Waals surface area contributed by atoms with Gasteiger partial charge >= 0.3 is 0 Å². The lowest BCUT2D eigenvalue weighted by Crippen LogP contribution is -2.24. The minimum absolute atomic E-state index is 0.277. The van der Waals surface area contributed by atoms with Crippen LogP contribution in [0.1, 0.15) is 22.7 Å². The number of carbonyl (C=O) groups is 1. The first-order chi connectivity index (χ1) is 14.6. The molecule has 0 aliphatic carbocycles. The quantitative estimate of drug-likeness (QED) is 0.359. The van der Waals surface area contributed by atoms with Crippen molar-refractivity contribution >= 4 is 11.7 Å². The van der Waals surface area contributed by atoms with Crippen LogP contribution in [0.3, 0.4) is 0 Å². The highest BCUT2D eigenvalue weighted by atomic mass is 19.1. The number of rotatable bonds is 8. The van der Waals surface area contributed by atoms with E-state index in [1.165, 1.54) is 12.1 Å². The Hall–Kier alpha value is -4.01. The number of benzene rings is 1. The number of H-pyrrole nitrogens is 2. The molecule has 152 valence electrons. The summed E-state index contributed by atoms with van der Waals surface area (Å²) in [4.78, 5) is 16.9. The maximum Gasteiger partial charge on any atom is 0.231 e. The predicted octanol–water partition coefficient (Wildman–Crippen LogP) is 2.61. The average Bonchev–Trinajstić information content (AvgIpc) is 3.43. The van der Waals surface area contributed by atoms with Gasteiger partial charge in [0.2, 0.25) is 5.91 Å². The molecule has 3 heterocycles. The molecule has 5 N–H and O–H groups in total. The normalized spacial score (nSPS) is 11.9. The van der Waals surface area contributed by atoms with Crippen molar-refractivity contribution in [3.63, 3.8) is 0 Å². The second kappa shape index (κ2) is 8.56. The molecule has 0 bridgehead atoms. The van der Waals surface area contributed by atoms with Gasteiger partial charge in [0.25, 0.3) is 0 Å². The van der Waals surface area contributed by atoms with Crippen LogP contribution in [0.15, 0.2) is 61.1 Å². The number of nitrogens with zero attached hydrogens (tertiary/aromatic N) is 3. The number of nitrogens with one attached hydrogen (secondary N) is 3. The van der Waals surface area contributed by atoms with Gasteiger partial charge in [-0.15, -0.1) is 0 Å². The summed E-state index contributed by atoms with van der Waals surface area (Å²) in [6, 6.07) is 11.8. The number of pyridine rings is 1. The summed E-state index contributed by atoms with van der Waals surface area (Å²) in [5.74, 6) is -1.02. The zero-order chi connectivity index (χ0) is 20.9. The standard InChI is InChI=1S/C21H20FN7O/c22-15-3-1-2-13(10-15)6-8-24-21-16(19(20(23)30)18-7-9-25-29-18)4-5-17(28-21)14-11-26-27-12-14/h1-5,7,9-12,19H,6,8H2,(H2,23,30)(H,24,28)(H,25,29)(H,26,27). The SMILES string of the molecule is NC(=O)C(c1ccn[nH]1)c1ccc(-c2cn[nH]c2)nc1NCCc1cccc(F)c1. The van der Waals surface area contributed by atoms with Crippen LogP contribution in [-0.4, -0.2) is 37.8 Å². The molecule has 0 aliphatic heterocycles. The number of aromatic amines is 2. The molecule has 1 amide bonds. The lowest BCUT2D eigenvalue weighted by Gasteiger charge is -2.18. The van der Waals surface area contributed by atoms with Crippen molar-refractivity contribution in [2.45, 2.75) is 12.3 Å². The highest BCUT2D eigenvalue weighted by molar-refractivity contribution is 5.87. The molecule has 0 spiro atoms. The lowest BCUT2D eigenvalue weighted by molar-refractivity contribution is -0.118. The van der Waals surface area contributed by atoms with E-state index in [2.05, 4.69) is 30.7 Å². The van der Waals surface area contributed by atoms with Gasteiger partial charge in [-0.1, -0.05) is 18.2 Å². The van der Waals surface area contributed by atoms with Crippen molar-refractivity contribution in [1.29, 1.82) is 0 Å². The van der Waals surface area contributed by atoms with Crippen LogP contribution in [0.25, 0.3) is 11.3 Å². The van der Waals surface area contributed by atoms with E-state index >= 15 is 0 Å². The molecular weight excluding hydrogens is 385 g/mol. The molecule has 8 nitrogen and oxygen atoms in total. The van der Waals surface area contributed by atoms with E-state index in [0.717, 1.165) is 11.1 Å². The zero-order valence-corrected chi connectivity index (χ0v) is 16.0. The molecular formula is C21H20FN7O. The van der Waals surface area contributed by atoms with Crippen molar-refractivity contribution < 1.29 is 9.18 Å². The molecule has 9 heteroatoms. The van der Waals surface area contributed by atoms with E-state index in [-0.39, 0.29) is 5.82 Å². The van der Waals surface area contributed by atoms with Crippen LogP contribution in [-0.2, 0) is 11.2 Å². The number of carbonyl (C=O) groups excluding carboxylic acids is 1. The van der Waals surface area contributed by atoms with E-state index in [4.69, 9.17) is 5.73 Å². The van der Waals surface area contributed by atoms with Crippen molar-refractivity contribution in [2.24, 2.45) is 5.73 Å². The highest BCUT2D eigenvalue weighted by Gasteiger charge is 2.25. The topological polar surface area (TPSA) is 125 Å². The number of amides is 1. The van der Waals surface area contributed by atoms with Gasteiger partial charge in [0.15, 0.2) is 0 Å². The number of hydrogen-bond acceptors (Lipinski definition) is 5. The van der Waals surface area contributed by atoms with Crippen LogP contribution >= 0.6 is 0 Å². The van der Waals surface area contributed by atoms with Gasteiger partial charge in [-0.3, -0.25) is 15.0 Å². The monoisotopic (exact) mass is 405 g/mol. The summed E-state index contributed by atoms with van der Waals surface area (Å²) < 4.78 is 13.4. The number of aromatic nitrogens is 5. The zero-order valence-electron chi connectivity index (χ0n) is 16.0. The molecule has 1 aromatic carbocycles. The molecule has 0 saturated carbocycles. The van der Waals surface area contributed by atoms with Crippen LogP contribution < -0.4 is 11.1 Å². The Kier molecular flexibility index (Phi) is 5.51. The van der Waals surface area contributed by atoms with Crippen molar-refractivity contribution in [3.8, 4) is 11.3 Å². The second-order valence-corrected chi connectivity index (χ2v) is 6.78. The van der Waals surface area contributed by atoms with Gasteiger partial charge in [0, 0.05) is 30.1 Å². The third kappa shape index (κ3) is 4.19. The molecule has 30 heavy (non-hydrogen) atoms. The van der Waals surface area contributed by atoms with Crippen LogP contribution in [0.2, 0.25) is 0 Å². The number of hydrogen-bond donors (Lipinski definition) is 4. The molecule has 1 unspecified atom stereocenters. The minimum Gasteiger partial charge on any atom is -0.369 e. The average molecular weight is 405 g/mol. The molecule has 4 rings (SSSR count). The van der Waals surface area contributed by atoms with E-state index in [1.54, 1.807) is 30.7 Å². The maximum atomic E-state index is 13.4. The van der Waals surface area contributed by atoms with Crippen LogP contribution in [0.5, 0.6) is 0 Å². The van der Waals surface area contributed by atoms with Crippen molar-refractivity contribution in [3.05, 3.63) is 83.7 Å². The first-order valence-corrected chi connectivity index (χ1v) is 9.39. The number of anilines is 1. The number of primary amides is 1. The Labute approximate surface area is 171 Å². The van der Waals surface area contributed by atoms with Crippen molar-refractivity contribution in [1.82, 2.24) is 25.4 Å². The lowest BCUT2D eigenvalue weighted by atomic mass is 9.94. The summed E-state index contributed by atoms with van der Waals surface area (Å²) in [6.07, 6.45) is 5.55. The van der Waals surface area contributed by atoms with Gasteiger partial charge in [-0.2, -0.15) is 10.2 Å². The molecule has 0 aliphatic rings. The predicted molar refractivity (Wildman–Crippen MR) is 110 cm³/mol. The second-order valence-electron chi connectivity index (χ2n) is 6.78. The minimum atomic E-state index is -0.741. The Morgan fingerprint density at radius 3 is 2.80 bits per heavy atom. The smallest absolute Gasteiger partial charge is 0.231 e. The van der Waals surface area contributed by atoms with E-state index in [0.29, 0.717) is 35.7 Å². The molecule has 4 aromatic rings. The van der Waals surface area contributed by atoms with Crippen molar-refractivity contribution in [2.75, 3.05) is 11.9 Å². The summed E-state index contributed by atoms with van der Waals surface area (Å²) in [6.45, 7) is 0.493. The first kappa shape index (κ1) is 19.3. The fourth-order valence-corrected chi connectivity index (χ4v) is 3.32. The van der Waals surface area contributed by atoms with Gasteiger partial charge in [-0.25, -0.2) is 9.37 Å². The molecule has 0 fully saturated rings. The fourth-order valence-electron chi connectivity index (χ4n) is 3.32. The maximum absolute atomic E-state index is 13.4. The molecule has 3 aromatic heterocycles. The van der Waals surface area contributed by atoms with Gasteiger partial charge in [-0.05, 0) is 36.2 Å². The van der Waals surface area contributed by atoms with E-state index in [1.807, 2.05) is 18.2 Å². The molecule has 0 radical (unpaired) electrons. The Morgan fingerprint density at radius 1 is 1.20 bits per heavy atom. The summed E-state index contributed by atoms with van der Waals surface area (Å²) in [5.41, 5.74) is 9.26. The van der Waals surface area contributed by atoms with E-state index in [9.17, 15) is 9.18 Å².